The van der Waals surface area contributed by atoms with Gasteiger partial charge in [-0.1, -0.05) is 12.1 Å². The van der Waals surface area contributed by atoms with Crippen molar-refractivity contribution in [2.75, 3.05) is 11.1 Å². The molecule has 3 nitrogen and oxygen atoms in total. The lowest BCUT2D eigenvalue weighted by Crippen LogP contribution is -2.20. The summed E-state index contributed by atoms with van der Waals surface area (Å²) in [5.74, 6) is -2.97. The van der Waals surface area contributed by atoms with Gasteiger partial charge in [0.2, 0.25) is 5.91 Å². The second-order valence-electron chi connectivity index (χ2n) is 4.53. The summed E-state index contributed by atoms with van der Waals surface area (Å²) >= 11 is 0. The van der Waals surface area contributed by atoms with Crippen LogP contribution in [0.3, 0.4) is 0 Å². The van der Waals surface area contributed by atoms with Crippen LogP contribution in [0.25, 0.3) is 0 Å². The third-order valence-corrected chi connectivity index (χ3v) is 3.98. The second kappa shape index (κ2) is 7.22. The Bertz CT molecular complexity index is 704. The van der Waals surface area contributed by atoms with E-state index in [2.05, 4.69) is 5.32 Å². The van der Waals surface area contributed by atoms with Crippen LogP contribution in [0, 0.1) is 17.5 Å². The molecule has 2 rings (SSSR count). The van der Waals surface area contributed by atoms with E-state index in [1.807, 2.05) is 0 Å². The Morgan fingerprint density at radius 1 is 1.00 bits per heavy atom. The number of nitrogens with one attached hydrogen (secondary N) is 1. The largest absolute Gasteiger partial charge is 0.323 e. The van der Waals surface area contributed by atoms with Gasteiger partial charge in [-0.2, -0.15) is 0 Å². The first-order valence-corrected chi connectivity index (χ1v) is 7.77. The van der Waals surface area contributed by atoms with Crippen LogP contribution in [-0.2, 0) is 21.3 Å². The zero-order chi connectivity index (χ0) is 16.1. The molecule has 1 atom stereocenters. The maximum Gasteiger partial charge on any atom is 0.237 e. The van der Waals surface area contributed by atoms with Crippen molar-refractivity contribution < 1.29 is 22.2 Å². The van der Waals surface area contributed by atoms with Crippen molar-refractivity contribution in [3.8, 4) is 0 Å². The molecule has 1 N–H and O–H groups in total. The van der Waals surface area contributed by atoms with E-state index in [1.165, 1.54) is 24.3 Å². The first-order valence-electron chi connectivity index (χ1n) is 6.28. The zero-order valence-electron chi connectivity index (χ0n) is 11.3. The van der Waals surface area contributed by atoms with Crippen molar-refractivity contribution in [3.63, 3.8) is 0 Å². The molecule has 2 aromatic carbocycles. The number of benzene rings is 2. The minimum Gasteiger partial charge on any atom is -0.323 e. The highest BCUT2D eigenvalue weighted by atomic mass is 32.2. The van der Waals surface area contributed by atoms with E-state index in [4.69, 9.17) is 0 Å². The van der Waals surface area contributed by atoms with Crippen LogP contribution in [-0.4, -0.2) is 15.9 Å². The van der Waals surface area contributed by atoms with Crippen LogP contribution in [0.2, 0.25) is 0 Å². The average molecular weight is 327 g/mol. The maximum atomic E-state index is 13.4. The van der Waals surface area contributed by atoms with Gasteiger partial charge in [0, 0.05) is 22.6 Å². The summed E-state index contributed by atoms with van der Waals surface area (Å²) in [6.45, 7) is 0. The Morgan fingerprint density at radius 2 is 1.64 bits per heavy atom. The smallest absolute Gasteiger partial charge is 0.237 e. The molecule has 1 amide bonds. The third kappa shape index (κ3) is 4.70. The van der Waals surface area contributed by atoms with Gasteiger partial charge in [0.1, 0.15) is 23.2 Å². The molecular weight excluding hydrogens is 315 g/mol. The summed E-state index contributed by atoms with van der Waals surface area (Å²) in [7, 11) is -1.52. The Hall–Kier alpha value is -2.15. The highest BCUT2D eigenvalue weighted by Crippen LogP contribution is 2.15. The van der Waals surface area contributed by atoms with E-state index in [9.17, 15) is 22.2 Å². The summed E-state index contributed by atoms with van der Waals surface area (Å²) in [5.41, 5.74) is 0.450. The van der Waals surface area contributed by atoms with Gasteiger partial charge in [0.05, 0.1) is 5.69 Å². The second-order valence-corrected chi connectivity index (χ2v) is 5.98. The van der Waals surface area contributed by atoms with Crippen LogP contribution in [0.5, 0.6) is 0 Å². The average Bonchev–Trinajstić information content (AvgIpc) is 2.44. The molecule has 0 bridgehead atoms. The molecular formula is C15H12F3NO2S. The number of carbonyl (C=O) groups is 1. The number of rotatable bonds is 5. The topological polar surface area (TPSA) is 46.2 Å². The van der Waals surface area contributed by atoms with E-state index in [-0.39, 0.29) is 17.2 Å². The fourth-order valence-corrected chi connectivity index (χ4v) is 2.77. The van der Waals surface area contributed by atoms with Gasteiger partial charge < -0.3 is 5.32 Å². The highest BCUT2D eigenvalue weighted by molar-refractivity contribution is 7.84. The summed E-state index contributed by atoms with van der Waals surface area (Å²) in [6.07, 6.45) is 0. The first-order chi connectivity index (χ1) is 10.4. The van der Waals surface area contributed by atoms with Crippen molar-refractivity contribution in [3.05, 3.63) is 65.5 Å². The molecule has 0 aliphatic rings. The fourth-order valence-electron chi connectivity index (χ4n) is 1.74. The van der Waals surface area contributed by atoms with Crippen LogP contribution in [0.15, 0.2) is 42.5 Å². The Balaban J connectivity index is 1.91. The molecule has 0 heterocycles. The van der Waals surface area contributed by atoms with E-state index < -0.39 is 34.2 Å². The molecule has 1 unspecified atom stereocenters. The summed E-state index contributed by atoms with van der Waals surface area (Å²) in [6, 6.07) is 8.17. The molecule has 22 heavy (non-hydrogen) atoms. The normalized spacial score (nSPS) is 12.0. The van der Waals surface area contributed by atoms with Gasteiger partial charge in [-0.15, -0.1) is 0 Å². The van der Waals surface area contributed by atoms with Crippen LogP contribution in [0.4, 0.5) is 18.9 Å². The molecule has 0 aliphatic carbocycles. The van der Waals surface area contributed by atoms with Crippen LogP contribution < -0.4 is 5.32 Å². The zero-order valence-corrected chi connectivity index (χ0v) is 12.1. The van der Waals surface area contributed by atoms with Gasteiger partial charge in [0.25, 0.3) is 0 Å². The summed E-state index contributed by atoms with van der Waals surface area (Å²) < 4.78 is 50.7. The molecule has 0 saturated carbocycles. The Morgan fingerprint density at radius 3 is 2.27 bits per heavy atom. The van der Waals surface area contributed by atoms with Crippen molar-refractivity contribution in [2.24, 2.45) is 0 Å². The van der Waals surface area contributed by atoms with Crippen molar-refractivity contribution in [1.82, 2.24) is 0 Å². The molecule has 0 radical (unpaired) electrons. The quantitative estimate of drug-likeness (QED) is 0.918. The minimum absolute atomic E-state index is 0.0829. The van der Waals surface area contributed by atoms with Gasteiger partial charge in [-0.3, -0.25) is 9.00 Å². The monoisotopic (exact) mass is 327 g/mol. The van der Waals surface area contributed by atoms with Crippen LogP contribution >= 0.6 is 0 Å². The van der Waals surface area contributed by atoms with Crippen molar-refractivity contribution in [1.29, 1.82) is 0 Å². The molecule has 0 aromatic heterocycles. The van der Waals surface area contributed by atoms with E-state index >= 15 is 0 Å². The lowest BCUT2D eigenvalue weighted by atomic mass is 10.2. The van der Waals surface area contributed by atoms with Gasteiger partial charge >= 0.3 is 0 Å². The number of amides is 1. The third-order valence-electron chi connectivity index (χ3n) is 2.74. The number of anilines is 1. The predicted octanol–water partition coefficient (Wildman–Crippen LogP) is 2.99. The first kappa shape index (κ1) is 16.2. The summed E-state index contributed by atoms with van der Waals surface area (Å²) in [4.78, 5) is 11.7. The molecule has 7 heteroatoms. The molecule has 116 valence electrons. The Kier molecular flexibility index (Phi) is 5.32. The fraction of sp³-hybridized carbons (Fsp3) is 0.133. The Labute approximate surface area is 127 Å². The van der Waals surface area contributed by atoms with E-state index in [0.29, 0.717) is 11.6 Å². The van der Waals surface area contributed by atoms with E-state index in [1.54, 1.807) is 0 Å². The van der Waals surface area contributed by atoms with E-state index in [0.717, 1.165) is 12.1 Å². The van der Waals surface area contributed by atoms with Gasteiger partial charge in [-0.05, 0) is 29.8 Å². The van der Waals surface area contributed by atoms with Gasteiger partial charge in [0.15, 0.2) is 0 Å². The van der Waals surface area contributed by atoms with Crippen molar-refractivity contribution >= 4 is 22.4 Å². The lowest BCUT2D eigenvalue weighted by molar-refractivity contribution is -0.113. The highest BCUT2D eigenvalue weighted by Gasteiger charge is 2.12. The van der Waals surface area contributed by atoms with Gasteiger partial charge in [-0.25, -0.2) is 13.2 Å². The maximum absolute atomic E-state index is 13.4. The summed E-state index contributed by atoms with van der Waals surface area (Å²) in [5, 5.41) is 2.23. The molecule has 0 spiro atoms. The predicted molar refractivity (Wildman–Crippen MR) is 78.1 cm³/mol. The lowest BCUT2D eigenvalue weighted by Gasteiger charge is -2.06. The molecule has 2 aromatic rings. The minimum atomic E-state index is -1.52. The number of hydrogen-bond donors (Lipinski definition) is 1. The number of carbonyl (C=O) groups excluding carboxylic acids is 1. The molecule has 0 saturated heterocycles. The standard InChI is InChI=1S/C15H12F3NO2S/c16-11-3-1-10(2-4-11)8-22(21)9-15(20)19-14-6-5-12(17)7-13(14)18/h1-7H,8-9H2,(H,19,20). The van der Waals surface area contributed by atoms with Crippen molar-refractivity contribution in [2.45, 2.75) is 5.75 Å². The number of hydrogen-bond acceptors (Lipinski definition) is 2. The SMILES string of the molecule is O=C(CS(=O)Cc1ccc(F)cc1)Nc1ccc(F)cc1F. The molecule has 0 aliphatic heterocycles. The molecule has 0 fully saturated rings. The number of halogens is 3. The van der Waals surface area contributed by atoms with Crippen LogP contribution in [0.1, 0.15) is 5.56 Å².